The monoisotopic (exact) mass is 682 g/mol. The van der Waals surface area contributed by atoms with Gasteiger partial charge in [-0.1, -0.05) is 188 Å². The van der Waals surface area contributed by atoms with E-state index in [9.17, 15) is 0 Å². The van der Waals surface area contributed by atoms with E-state index in [-0.39, 0.29) is 0 Å². The summed E-state index contributed by atoms with van der Waals surface area (Å²) < 4.78 is 0. The summed E-state index contributed by atoms with van der Waals surface area (Å²) in [5.41, 5.74) is 9.97. The average Bonchev–Trinajstić information content (AvgIpc) is 3.25. The third-order valence-corrected chi connectivity index (χ3v) is 11.4. The predicted octanol–water partition coefficient (Wildman–Crippen LogP) is 15.3. The minimum Gasteiger partial charge on any atom is -0.0616 e. The maximum atomic E-state index is 2.38. The SMILES string of the molecule is c1cc(-c2ccc3ccccc3c2)cc(-c2c3ccccc3c(-c3ccc(-c4ccc5ccc6ccccc6c5c4)c4ccccc34)c3ccccc23)c1. The van der Waals surface area contributed by atoms with E-state index < -0.39 is 0 Å². The second kappa shape index (κ2) is 12.3. The van der Waals surface area contributed by atoms with Gasteiger partial charge in [-0.15, -0.1) is 0 Å². The van der Waals surface area contributed by atoms with Gasteiger partial charge in [-0.05, 0) is 127 Å². The van der Waals surface area contributed by atoms with Crippen LogP contribution in [0.25, 0.3) is 109 Å². The van der Waals surface area contributed by atoms with E-state index in [1.165, 1.54) is 109 Å². The van der Waals surface area contributed by atoms with Crippen LogP contribution in [0.3, 0.4) is 0 Å². The molecule has 0 bridgehead atoms. The molecule has 0 spiro atoms. The van der Waals surface area contributed by atoms with E-state index in [0.29, 0.717) is 0 Å². The molecule has 0 saturated heterocycles. The first kappa shape index (κ1) is 30.6. The first-order valence-corrected chi connectivity index (χ1v) is 18.8. The summed E-state index contributed by atoms with van der Waals surface area (Å²) in [5.74, 6) is 0. The molecular formula is C54H34. The topological polar surface area (TPSA) is 0 Å². The lowest BCUT2D eigenvalue weighted by Gasteiger charge is -2.20. The first-order valence-electron chi connectivity index (χ1n) is 18.8. The van der Waals surface area contributed by atoms with E-state index >= 15 is 0 Å². The molecule has 0 atom stereocenters. The molecule has 0 aliphatic carbocycles. The molecule has 0 heterocycles. The summed E-state index contributed by atoms with van der Waals surface area (Å²) in [6, 6.07) is 76.2. The molecule has 250 valence electrons. The molecule has 0 fully saturated rings. The van der Waals surface area contributed by atoms with E-state index in [1.807, 2.05) is 0 Å². The third-order valence-electron chi connectivity index (χ3n) is 11.4. The maximum absolute atomic E-state index is 2.38. The van der Waals surface area contributed by atoms with Crippen molar-refractivity contribution in [3.8, 4) is 44.5 Å². The number of hydrogen-bond donors (Lipinski definition) is 0. The van der Waals surface area contributed by atoms with Gasteiger partial charge in [-0.25, -0.2) is 0 Å². The Morgan fingerprint density at radius 2 is 0.648 bits per heavy atom. The fourth-order valence-corrected chi connectivity index (χ4v) is 8.89. The van der Waals surface area contributed by atoms with E-state index in [0.717, 1.165) is 0 Å². The van der Waals surface area contributed by atoms with Crippen molar-refractivity contribution in [2.45, 2.75) is 0 Å². The molecule has 0 unspecified atom stereocenters. The van der Waals surface area contributed by atoms with Crippen LogP contribution >= 0.6 is 0 Å². The zero-order valence-electron chi connectivity index (χ0n) is 29.6. The number of benzene rings is 11. The summed E-state index contributed by atoms with van der Waals surface area (Å²) in [5, 5.41) is 15.2. The lowest BCUT2D eigenvalue weighted by Crippen LogP contribution is -1.93. The van der Waals surface area contributed by atoms with Gasteiger partial charge in [0.1, 0.15) is 0 Å². The average molecular weight is 683 g/mol. The van der Waals surface area contributed by atoms with Crippen LogP contribution in [-0.2, 0) is 0 Å². The molecular weight excluding hydrogens is 649 g/mol. The first-order chi connectivity index (χ1) is 26.8. The van der Waals surface area contributed by atoms with Crippen LogP contribution in [0.4, 0.5) is 0 Å². The van der Waals surface area contributed by atoms with E-state index in [1.54, 1.807) is 0 Å². The lowest BCUT2D eigenvalue weighted by molar-refractivity contribution is 1.63. The summed E-state index contributed by atoms with van der Waals surface area (Å²) in [4.78, 5) is 0. The number of hydrogen-bond acceptors (Lipinski definition) is 0. The molecule has 54 heavy (non-hydrogen) atoms. The van der Waals surface area contributed by atoms with Crippen LogP contribution in [0.2, 0.25) is 0 Å². The Morgan fingerprint density at radius 1 is 0.185 bits per heavy atom. The Hall–Kier alpha value is -7.02. The molecule has 11 aromatic carbocycles. The summed E-state index contributed by atoms with van der Waals surface area (Å²) in [7, 11) is 0. The highest BCUT2D eigenvalue weighted by molar-refractivity contribution is 6.24. The van der Waals surface area contributed by atoms with Crippen molar-refractivity contribution in [1.29, 1.82) is 0 Å². The molecule has 0 radical (unpaired) electrons. The van der Waals surface area contributed by atoms with Gasteiger partial charge in [0.15, 0.2) is 0 Å². The maximum Gasteiger partial charge on any atom is -0.00201 e. The van der Waals surface area contributed by atoms with Gasteiger partial charge < -0.3 is 0 Å². The standard InChI is InChI=1S/C54H34/c1-2-14-38-32-40(28-24-35(38)12-1)39-15-11-16-42(33-39)53-47-20-7-9-22-49(47)54(50-23-10-8-21-48(50)53)51-31-30-44(45-18-5-6-19-46(45)51)41-29-27-37-26-25-36-13-3-4-17-43(36)52(37)34-41/h1-34H. The van der Waals surface area contributed by atoms with Crippen molar-refractivity contribution in [2.24, 2.45) is 0 Å². The molecule has 0 aliphatic rings. The normalized spacial score (nSPS) is 11.7. The quantitative estimate of drug-likeness (QED) is 0.128. The third kappa shape index (κ3) is 4.85. The Bertz CT molecular complexity index is 3220. The van der Waals surface area contributed by atoms with Gasteiger partial charge in [-0.3, -0.25) is 0 Å². The highest BCUT2D eigenvalue weighted by Crippen LogP contribution is 2.47. The van der Waals surface area contributed by atoms with Crippen LogP contribution in [0.1, 0.15) is 0 Å². The Labute approximate surface area is 314 Å². The molecule has 0 saturated carbocycles. The minimum absolute atomic E-state index is 1.22. The fourth-order valence-electron chi connectivity index (χ4n) is 8.89. The van der Waals surface area contributed by atoms with E-state index in [4.69, 9.17) is 0 Å². The number of fused-ring (bicyclic) bond motifs is 7. The smallest absolute Gasteiger partial charge is 0.00201 e. The minimum atomic E-state index is 1.22. The Kier molecular flexibility index (Phi) is 6.97. The van der Waals surface area contributed by atoms with Crippen molar-refractivity contribution >= 4 is 64.6 Å². The highest BCUT2D eigenvalue weighted by atomic mass is 14.2. The molecule has 0 amide bonds. The Balaban J connectivity index is 1.13. The largest absolute Gasteiger partial charge is 0.0616 e. The van der Waals surface area contributed by atoms with Gasteiger partial charge in [0, 0.05) is 0 Å². The van der Waals surface area contributed by atoms with Crippen molar-refractivity contribution in [2.75, 3.05) is 0 Å². The van der Waals surface area contributed by atoms with Gasteiger partial charge >= 0.3 is 0 Å². The highest BCUT2D eigenvalue weighted by Gasteiger charge is 2.19. The fraction of sp³-hybridized carbons (Fsp3) is 0. The summed E-state index contributed by atoms with van der Waals surface area (Å²) in [6.07, 6.45) is 0. The van der Waals surface area contributed by atoms with Gasteiger partial charge in [0.25, 0.3) is 0 Å². The van der Waals surface area contributed by atoms with Crippen LogP contribution < -0.4 is 0 Å². The van der Waals surface area contributed by atoms with Crippen molar-refractivity contribution < 1.29 is 0 Å². The van der Waals surface area contributed by atoms with Gasteiger partial charge in [-0.2, -0.15) is 0 Å². The Morgan fingerprint density at radius 3 is 1.37 bits per heavy atom. The van der Waals surface area contributed by atoms with Gasteiger partial charge in [0.2, 0.25) is 0 Å². The predicted molar refractivity (Wildman–Crippen MR) is 233 cm³/mol. The second-order valence-corrected chi connectivity index (χ2v) is 14.4. The lowest BCUT2D eigenvalue weighted by atomic mass is 9.83. The molecule has 0 aromatic heterocycles. The van der Waals surface area contributed by atoms with Crippen molar-refractivity contribution in [1.82, 2.24) is 0 Å². The zero-order valence-corrected chi connectivity index (χ0v) is 29.6. The van der Waals surface area contributed by atoms with Crippen LogP contribution in [0, 0.1) is 0 Å². The van der Waals surface area contributed by atoms with E-state index in [2.05, 4.69) is 206 Å². The second-order valence-electron chi connectivity index (χ2n) is 14.4. The molecule has 0 aliphatic heterocycles. The zero-order chi connectivity index (χ0) is 35.6. The van der Waals surface area contributed by atoms with Crippen LogP contribution in [-0.4, -0.2) is 0 Å². The van der Waals surface area contributed by atoms with Gasteiger partial charge in [0.05, 0.1) is 0 Å². The molecule has 0 heteroatoms. The molecule has 0 N–H and O–H groups in total. The molecule has 11 aromatic rings. The summed E-state index contributed by atoms with van der Waals surface area (Å²) in [6.45, 7) is 0. The number of rotatable bonds is 4. The van der Waals surface area contributed by atoms with Crippen LogP contribution in [0.5, 0.6) is 0 Å². The summed E-state index contributed by atoms with van der Waals surface area (Å²) >= 11 is 0. The van der Waals surface area contributed by atoms with Crippen molar-refractivity contribution in [3.63, 3.8) is 0 Å². The molecule has 11 rings (SSSR count). The van der Waals surface area contributed by atoms with Crippen LogP contribution in [0.15, 0.2) is 206 Å². The molecule has 0 nitrogen and oxygen atoms in total. The van der Waals surface area contributed by atoms with Crippen molar-refractivity contribution in [3.05, 3.63) is 206 Å².